The molecule has 5 nitrogen and oxygen atoms in total. The lowest BCUT2D eigenvalue weighted by atomic mass is 10.0. The molecule has 112 valence electrons. The fraction of sp³-hybridized carbons (Fsp3) is 0.125. The van der Waals surface area contributed by atoms with E-state index in [-0.39, 0.29) is 5.91 Å². The van der Waals surface area contributed by atoms with E-state index in [9.17, 15) is 14.0 Å². The first-order valence-corrected chi connectivity index (χ1v) is 6.70. The Morgan fingerprint density at radius 1 is 1.32 bits per heavy atom. The van der Waals surface area contributed by atoms with Crippen molar-refractivity contribution in [2.24, 2.45) is 5.73 Å². The zero-order chi connectivity index (χ0) is 16.0. The third-order valence-electron chi connectivity index (χ3n) is 3.78. The second-order valence-electron chi connectivity index (χ2n) is 5.23. The lowest BCUT2D eigenvalue weighted by Crippen LogP contribution is -2.12. The van der Waals surface area contributed by atoms with Crippen LogP contribution in [0, 0.1) is 19.7 Å². The average Bonchev–Trinajstić information content (AvgIpc) is 2.88. The maximum Gasteiger partial charge on any atom is 0.256 e. The zero-order valence-electron chi connectivity index (χ0n) is 12.1. The summed E-state index contributed by atoms with van der Waals surface area (Å²) in [5.41, 5.74) is 9.06. The van der Waals surface area contributed by atoms with Gasteiger partial charge < -0.3 is 16.0 Å². The van der Waals surface area contributed by atoms with Crippen LogP contribution in [-0.2, 0) is 4.79 Å². The van der Waals surface area contributed by atoms with Crippen LogP contribution < -0.4 is 11.1 Å². The Bertz CT molecular complexity index is 849. The van der Waals surface area contributed by atoms with Crippen LogP contribution >= 0.6 is 0 Å². The summed E-state index contributed by atoms with van der Waals surface area (Å²) in [6, 6.07) is 4.11. The first-order valence-electron chi connectivity index (χ1n) is 6.70. The highest BCUT2D eigenvalue weighted by Gasteiger charge is 2.25. The van der Waals surface area contributed by atoms with Crippen molar-refractivity contribution in [1.82, 2.24) is 4.98 Å². The first kappa shape index (κ1) is 14.1. The first-order chi connectivity index (χ1) is 10.4. The van der Waals surface area contributed by atoms with E-state index >= 15 is 0 Å². The number of amides is 2. The Morgan fingerprint density at radius 2 is 2.05 bits per heavy atom. The maximum atomic E-state index is 13.4. The number of hydrogen-bond acceptors (Lipinski definition) is 2. The van der Waals surface area contributed by atoms with Crippen LogP contribution in [0.4, 0.5) is 10.1 Å². The highest BCUT2D eigenvalue weighted by molar-refractivity contribution is 6.34. The zero-order valence-corrected chi connectivity index (χ0v) is 12.1. The number of H-pyrrole nitrogens is 1. The van der Waals surface area contributed by atoms with Crippen molar-refractivity contribution in [3.8, 4) is 0 Å². The summed E-state index contributed by atoms with van der Waals surface area (Å²) in [5, 5.41) is 2.68. The van der Waals surface area contributed by atoms with Crippen molar-refractivity contribution < 1.29 is 14.0 Å². The standard InChI is InChI=1S/C16H14FN3O2/c1-7-13(19-8(2)14(7)15(18)21)6-11-10-5-9(17)3-4-12(10)20-16(11)22/h3-6,19H,1-2H3,(H2,18,21)(H,20,22)/b11-6-. The summed E-state index contributed by atoms with van der Waals surface area (Å²) in [4.78, 5) is 26.6. The van der Waals surface area contributed by atoms with Gasteiger partial charge in [-0.2, -0.15) is 0 Å². The van der Waals surface area contributed by atoms with Gasteiger partial charge in [0, 0.05) is 22.6 Å². The second-order valence-corrected chi connectivity index (χ2v) is 5.23. The van der Waals surface area contributed by atoms with E-state index in [0.29, 0.717) is 39.3 Å². The summed E-state index contributed by atoms with van der Waals surface area (Å²) < 4.78 is 13.4. The minimum atomic E-state index is -0.529. The minimum Gasteiger partial charge on any atom is -0.366 e. The molecular weight excluding hydrogens is 285 g/mol. The molecule has 0 atom stereocenters. The summed E-state index contributed by atoms with van der Waals surface area (Å²) >= 11 is 0. The van der Waals surface area contributed by atoms with E-state index in [2.05, 4.69) is 10.3 Å². The lowest BCUT2D eigenvalue weighted by molar-refractivity contribution is -0.110. The number of hydrogen-bond donors (Lipinski definition) is 3. The summed E-state index contributed by atoms with van der Waals surface area (Å²) in [5.74, 6) is -1.26. The molecule has 2 heterocycles. The number of aromatic nitrogens is 1. The fourth-order valence-electron chi connectivity index (χ4n) is 2.74. The molecule has 22 heavy (non-hydrogen) atoms. The summed E-state index contributed by atoms with van der Waals surface area (Å²) in [6.45, 7) is 3.48. The molecule has 0 spiro atoms. The molecule has 1 aromatic carbocycles. The number of aryl methyl sites for hydroxylation is 1. The quantitative estimate of drug-likeness (QED) is 0.743. The van der Waals surface area contributed by atoms with E-state index < -0.39 is 11.7 Å². The molecule has 0 saturated heterocycles. The Kier molecular flexibility index (Phi) is 3.09. The normalized spacial score (nSPS) is 15.0. The molecule has 0 radical (unpaired) electrons. The molecule has 0 fully saturated rings. The van der Waals surface area contributed by atoms with Crippen molar-refractivity contribution in [1.29, 1.82) is 0 Å². The maximum absolute atomic E-state index is 13.4. The fourth-order valence-corrected chi connectivity index (χ4v) is 2.74. The molecule has 2 aromatic rings. The Hall–Kier alpha value is -2.89. The van der Waals surface area contributed by atoms with Crippen molar-refractivity contribution in [3.05, 3.63) is 52.1 Å². The number of carbonyl (C=O) groups excluding carboxylic acids is 2. The van der Waals surface area contributed by atoms with E-state index in [0.717, 1.165) is 0 Å². The number of rotatable bonds is 2. The number of primary amides is 1. The van der Waals surface area contributed by atoms with Crippen LogP contribution in [0.1, 0.15) is 32.9 Å². The van der Waals surface area contributed by atoms with Crippen molar-refractivity contribution in [2.45, 2.75) is 13.8 Å². The van der Waals surface area contributed by atoms with Gasteiger partial charge in [-0.3, -0.25) is 9.59 Å². The van der Waals surface area contributed by atoms with Crippen LogP contribution in [0.15, 0.2) is 18.2 Å². The van der Waals surface area contributed by atoms with Crippen LogP contribution in [0.25, 0.3) is 11.6 Å². The van der Waals surface area contributed by atoms with Gasteiger partial charge in [0.1, 0.15) is 5.82 Å². The number of aromatic amines is 1. The molecular formula is C16H14FN3O2. The molecule has 1 aliphatic heterocycles. The SMILES string of the molecule is Cc1[nH]c(/C=C2\C(=O)Nc3ccc(F)cc32)c(C)c1C(N)=O. The minimum absolute atomic E-state index is 0.312. The number of nitrogens with two attached hydrogens (primary N) is 1. The van der Waals surface area contributed by atoms with Gasteiger partial charge in [-0.15, -0.1) is 0 Å². The Balaban J connectivity index is 2.15. The van der Waals surface area contributed by atoms with Gasteiger partial charge in [-0.1, -0.05) is 0 Å². The van der Waals surface area contributed by atoms with Crippen LogP contribution in [0.2, 0.25) is 0 Å². The molecule has 1 aromatic heterocycles. The number of carbonyl (C=O) groups is 2. The number of fused-ring (bicyclic) bond motifs is 1. The molecule has 4 N–H and O–H groups in total. The predicted octanol–water partition coefficient (Wildman–Crippen LogP) is 2.36. The van der Waals surface area contributed by atoms with Crippen LogP contribution in [0.3, 0.4) is 0 Å². The molecule has 1 aliphatic rings. The summed E-state index contributed by atoms with van der Waals surface area (Å²) in [6.07, 6.45) is 1.61. The highest BCUT2D eigenvalue weighted by Crippen LogP contribution is 2.34. The molecule has 0 saturated carbocycles. The number of nitrogens with one attached hydrogen (secondary N) is 2. The monoisotopic (exact) mass is 299 g/mol. The van der Waals surface area contributed by atoms with Crippen LogP contribution in [-0.4, -0.2) is 16.8 Å². The van der Waals surface area contributed by atoms with Crippen molar-refractivity contribution in [3.63, 3.8) is 0 Å². The van der Waals surface area contributed by atoms with Gasteiger partial charge in [0.15, 0.2) is 0 Å². The van der Waals surface area contributed by atoms with Gasteiger partial charge in [0.25, 0.3) is 11.8 Å². The lowest BCUT2D eigenvalue weighted by Gasteiger charge is -1.99. The smallest absolute Gasteiger partial charge is 0.256 e. The number of benzene rings is 1. The van der Waals surface area contributed by atoms with Gasteiger partial charge in [-0.25, -0.2) is 4.39 Å². The van der Waals surface area contributed by atoms with Crippen molar-refractivity contribution in [2.75, 3.05) is 5.32 Å². The molecule has 6 heteroatoms. The van der Waals surface area contributed by atoms with E-state index in [1.54, 1.807) is 19.9 Å². The number of halogens is 1. The van der Waals surface area contributed by atoms with E-state index in [1.807, 2.05) is 0 Å². The molecule has 0 unspecified atom stereocenters. The summed E-state index contributed by atoms with van der Waals surface area (Å²) in [7, 11) is 0. The topological polar surface area (TPSA) is 88.0 Å². The third-order valence-corrected chi connectivity index (χ3v) is 3.78. The van der Waals surface area contributed by atoms with Gasteiger partial charge >= 0.3 is 0 Å². The average molecular weight is 299 g/mol. The van der Waals surface area contributed by atoms with Gasteiger partial charge in [0.05, 0.1) is 11.1 Å². The Morgan fingerprint density at radius 3 is 2.68 bits per heavy atom. The highest BCUT2D eigenvalue weighted by atomic mass is 19.1. The molecule has 2 amide bonds. The van der Waals surface area contributed by atoms with Crippen molar-refractivity contribution >= 4 is 29.2 Å². The molecule has 3 rings (SSSR count). The predicted molar refractivity (Wildman–Crippen MR) is 81.7 cm³/mol. The van der Waals surface area contributed by atoms with Gasteiger partial charge in [0.2, 0.25) is 0 Å². The Labute approximate surface area is 126 Å². The second kappa shape index (κ2) is 4.84. The number of anilines is 1. The largest absolute Gasteiger partial charge is 0.366 e. The van der Waals surface area contributed by atoms with E-state index in [1.165, 1.54) is 18.2 Å². The third kappa shape index (κ3) is 2.09. The van der Waals surface area contributed by atoms with Crippen LogP contribution in [0.5, 0.6) is 0 Å². The molecule has 0 aliphatic carbocycles. The molecule has 0 bridgehead atoms. The van der Waals surface area contributed by atoms with Gasteiger partial charge in [-0.05, 0) is 43.7 Å². The van der Waals surface area contributed by atoms with E-state index in [4.69, 9.17) is 5.73 Å².